The second kappa shape index (κ2) is 22.4. The number of hydrogen-bond acceptors (Lipinski definition) is 3. The zero-order valence-electron chi connectivity index (χ0n) is 22.6. The maximum atomic E-state index is 5.96. The summed E-state index contributed by atoms with van der Waals surface area (Å²) in [5.41, 5.74) is 17.3. The van der Waals surface area contributed by atoms with Gasteiger partial charge in [-0.3, -0.25) is 0 Å². The molecular weight excluding hydrogens is 402 g/mol. The van der Waals surface area contributed by atoms with Gasteiger partial charge in [0.25, 0.3) is 0 Å². The average molecular weight is 466 g/mol. The third kappa shape index (κ3) is 19.8. The third-order valence-electron chi connectivity index (χ3n) is 8.07. The number of rotatable bonds is 0. The second-order valence-corrected chi connectivity index (χ2v) is 11.4. The second-order valence-electron chi connectivity index (χ2n) is 11.4. The SMILES string of the molecule is C1CCCCCCCCC1.C1CCCCCCCCC1.NC1CCCCCCCCC1(N)N. The first-order valence-corrected chi connectivity index (χ1v) is 15.5. The molecule has 33 heavy (non-hydrogen) atoms. The van der Waals surface area contributed by atoms with Gasteiger partial charge in [0.05, 0.1) is 5.66 Å². The fourth-order valence-corrected chi connectivity index (χ4v) is 5.49. The van der Waals surface area contributed by atoms with Gasteiger partial charge in [0, 0.05) is 6.04 Å². The van der Waals surface area contributed by atoms with Crippen molar-refractivity contribution in [1.29, 1.82) is 0 Å². The van der Waals surface area contributed by atoms with E-state index in [2.05, 4.69) is 0 Å². The fourth-order valence-electron chi connectivity index (χ4n) is 5.49. The largest absolute Gasteiger partial charge is 0.325 e. The van der Waals surface area contributed by atoms with Crippen LogP contribution >= 0.6 is 0 Å². The van der Waals surface area contributed by atoms with Crippen molar-refractivity contribution in [3.63, 3.8) is 0 Å². The molecule has 3 heteroatoms. The Labute approximate surface area is 208 Å². The molecule has 3 aliphatic carbocycles. The van der Waals surface area contributed by atoms with Gasteiger partial charge in [-0.1, -0.05) is 167 Å². The molecule has 6 N–H and O–H groups in total. The normalized spacial score (nSPS) is 26.8. The highest BCUT2D eigenvalue weighted by molar-refractivity contribution is 4.88. The highest BCUT2D eigenvalue weighted by atomic mass is 15.0. The molecule has 0 radical (unpaired) electrons. The number of hydrogen-bond donors (Lipinski definition) is 3. The molecule has 0 spiro atoms. The minimum atomic E-state index is -0.628. The molecule has 0 bridgehead atoms. The van der Waals surface area contributed by atoms with Gasteiger partial charge in [0.2, 0.25) is 0 Å². The molecule has 3 nitrogen and oxygen atoms in total. The van der Waals surface area contributed by atoms with Gasteiger partial charge in [0.15, 0.2) is 0 Å². The van der Waals surface area contributed by atoms with Crippen molar-refractivity contribution in [2.75, 3.05) is 0 Å². The van der Waals surface area contributed by atoms with Crippen molar-refractivity contribution in [2.45, 2.75) is 191 Å². The molecule has 0 amide bonds. The van der Waals surface area contributed by atoms with Crippen LogP contribution in [0.5, 0.6) is 0 Å². The van der Waals surface area contributed by atoms with E-state index in [1.54, 1.807) is 0 Å². The van der Waals surface area contributed by atoms with E-state index in [1.807, 2.05) is 0 Å². The van der Waals surface area contributed by atoms with E-state index in [0.717, 1.165) is 19.3 Å². The summed E-state index contributed by atoms with van der Waals surface area (Å²) in [6.07, 6.45) is 39.4. The van der Waals surface area contributed by atoms with Crippen molar-refractivity contribution in [1.82, 2.24) is 0 Å². The molecule has 3 fully saturated rings. The Morgan fingerprint density at radius 1 is 0.333 bits per heavy atom. The lowest BCUT2D eigenvalue weighted by atomic mass is 9.90. The lowest BCUT2D eigenvalue weighted by Crippen LogP contribution is -2.62. The molecule has 0 aromatic carbocycles. The molecule has 0 heterocycles. The summed E-state index contributed by atoms with van der Waals surface area (Å²) in [5, 5.41) is 0. The summed E-state index contributed by atoms with van der Waals surface area (Å²) in [4.78, 5) is 0. The van der Waals surface area contributed by atoms with Crippen LogP contribution in [0, 0.1) is 0 Å². The molecule has 1 unspecified atom stereocenters. The summed E-state index contributed by atoms with van der Waals surface area (Å²) < 4.78 is 0. The molecule has 3 saturated carbocycles. The minimum Gasteiger partial charge on any atom is -0.325 e. The van der Waals surface area contributed by atoms with E-state index in [0.29, 0.717) is 0 Å². The van der Waals surface area contributed by atoms with Gasteiger partial charge >= 0.3 is 0 Å². The molecule has 3 aliphatic rings. The van der Waals surface area contributed by atoms with Crippen LogP contribution in [0.1, 0.15) is 180 Å². The van der Waals surface area contributed by atoms with Gasteiger partial charge in [0.1, 0.15) is 0 Å². The first-order valence-electron chi connectivity index (χ1n) is 15.5. The average Bonchev–Trinajstić information content (AvgIpc) is 2.83. The Morgan fingerprint density at radius 2 is 0.545 bits per heavy atom. The van der Waals surface area contributed by atoms with Crippen LogP contribution < -0.4 is 17.2 Å². The number of nitrogens with two attached hydrogens (primary N) is 3. The van der Waals surface area contributed by atoms with Crippen molar-refractivity contribution in [2.24, 2.45) is 17.2 Å². The van der Waals surface area contributed by atoms with Gasteiger partial charge in [-0.15, -0.1) is 0 Å². The molecule has 0 saturated heterocycles. The van der Waals surface area contributed by atoms with Crippen LogP contribution in [-0.2, 0) is 0 Å². The summed E-state index contributed by atoms with van der Waals surface area (Å²) in [7, 11) is 0. The summed E-state index contributed by atoms with van der Waals surface area (Å²) >= 11 is 0. The molecule has 0 aromatic rings. The van der Waals surface area contributed by atoms with Crippen molar-refractivity contribution in [3.05, 3.63) is 0 Å². The summed E-state index contributed by atoms with van der Waals surface area (Å²) in [6, 6.07) is -0.0226. The van der Waals surface area contributed by atoms with Crippen molar-refractivity contribution in [3.8, 4) is 0 Å². The van der Waals surface area contributed by atoms with E-state index in [4.69, 9.17) is 17.2 Å². The maximum absolute atomic E-state index is 5.96. The van der Waals surface area contributed by atoms with E-state index >= 15 is 0 Å². The zero-order valence-corrected chi connectivity index (χ0v) is 22.6. The predicted octanol–water partition coefficient (Wildman–Crippen LogP) is 8.86. The van der Waals surface area contributed by atoms with Gasteiger partial charge < -0.3 is 17.2 Å². The molecular formula is C30H63N3. The van der Waals surface area contributed by atoms with E-state index in [9.17, 15) is 0 Å². The Bertz CT molecular complexity index is 310. The van der Waals surface area contributed by atoms with Crippen LogP contribution in [0.2, 0.25) is 0 Å². The quantitative estimate of drug-likeness (QED) is 0.312. The van der Waals surface area contributed by atoms with Crippen LogP contribution in [-0.4, -0.2) is 11.7 Å². The van der Waals surface area contributed by atoms with Gasteiger partial charge in [-0.25, -0.2) is 0 Å². The standard InChI is InChI=1S/C10H23N3.2C10H20/c11-9-7-5-3-1-2-4-6-8-10(9,12)13;2*1-2-4-6-8-10-9-7-5-3-1/h9H,1-8,11-13H2;2*1-10H2. The van der Waals surface area contributed by atoms with Crippen LogP contribution in [0.4, 0.5) is 0 Å². The van der Waals surface area contributed by atoms with E-state index in [1.165, 1.54) is 161 Å². The van der Waals surface area contributed by atoms with Crippen molar-refractivity contribution >= 4 is 0 Å². The monoisotopic (exact) mass is 466 g/mol. The Balaban J connectivity index is 0.000000251. The summed E-state index contributed by atoms with van der Waals surface area (Å²) in [6.45, 7) is 0. The van der Waals surface area contributed by atoms with Gasteiger partial charge in [-0.2, -0.15) is 0 Å². The lowest BCUT2D eigenvalue weighted by Gasteiger charge is -2.32. The van der Waals surface area contributed by atoms with Crippen LogP contribution in [0.25, 0.3) is 0 Å². The first kappa shape index (κ1) is 30.9. The fraction of sp³-hybridized carbons (Fsp3) is 1.00. The molecule has 0 aromatic heterocycles. The van der Waals surface area contributed by atoms with Gasteiger partial charge in [-0.05, 0) is 12.8 Å². The Hall–Kier alpha value is -0.120. The smallest absolute Gasteiger partial charge is 0.0792 e. The molecule has 3 rings (SSSR count). The predicted molar refractivity (Wildman–Crippen MR) is 148 cm³/mol. The van der Waals surface area contributed by atoms with Crippen LogP contribution in [0.3, 0.4) is 0 Å². The lowest BCUT2D eigenvalue weighted by molar-refractivity contribution is 0.292. The van der Waals surface area contributed by atoms with Crippen LogP contribution in [0.15, 0.2) is 0 Å². The zero-order chi connectivity index (χ0) is 23.9. The Kier molecular flexibility index (Phi) is 20.9. The summed E-state index contributed by atoms with van der Waals surface area (Å²) in [5.74, 6) is 0. The third-order valence-corrected chi connectivity index (χ3v) is 8.07. The molecule has 1 atom stereocenters. The molecule has 0 aliphatic heterocycles. The van der Waals surface area contributed by atoms with E-state index in [-0.39, 0.29) is 6.04 Å². The van der Waals surface area contributed by atoms with E-state index < -0.39 is 5.66 Å². The highest BCUT2D eigenvalue weighted by Gasteiger charge is 2.26. The molecule has 198 valence electrons. The highest BCUT2D eigenvalue weighted by Crippen LogP contribution is 2.19. The first-order chi connectivity index (χ1) is 16.1. The van der Waals surface area contributed by atoms with Crippen molar-refractivity contribution < 1.29 is 0 Å². The minimum absolute atomic E-state index is 0.0226. The maximum Gasteiger partial charge on any atom is 0.0792 e. The topological polar surface area (TPSA) is 78.1 Å². The Morgan fingerprint density at radius 3 is 0.818 bits per heavy atom.